The van der Waals surface area contributed by atoms with Crippen molar-refractivity contribution in [3.05, 3.63) is 65.2 Å². The van der Waals surface area contributed by atoms with Gasteiger partial charge in [0.15, 0.2) is 0 Å². The third-order valence-electron chi connectivity index (χ3n) is 5.58. The molecule has 0 fully saturated rings. The molecule has 0 bridgehead atoms. The molecule has 9 nitrogen and oxygen atoms in total. The summed E-state index contributed by atoms with van der Waals surface area (Å²) >= 11 is 0. The minimum atomic E-state index is -0.572. The van der Waals surface area contributed by atoms with Crippen LogP contribution in [-0.2, 0) is 36.9 Å². The number of fused-ring (bicyclic) bond motifs is 1. The highest BCUT2D eigenvalue weighted by atomic mass is 16.6. The molecule has 3 rings (SSSR count). The van der Waals surface area contributed by atoms with E-state index in [0.717, 1.165) is 16.7 Å². The van der Waals surface area contributed by atoms with Crippen LogP contribution in [0.25, 0.3) is 0 Å². The van der Waals surface area contributed by atoms with Gasteiger partial charge in [-0.25, -0.2) is 4.79 Å². The fourth-order valence-electron chi connectivity index (χ4n) is 3.83. The zero-order valence-corrected chi connectivity index (χ0v) is 21.1. The van der Waals surface area contributed by atoms with E-state index in [4.69, 9.17) is 9.47 Å². The summed E-state index contributed by atoms with van der Waals surface area (Å²) < 4.78 is 10.2. The van der Waals surface area contributed by atoms with E-state index in [-0.39, 0.29) is 37.2 Å². The molecule has 1 unspecified atom stereocenters. The quantitative estimate of drug-likeness (QED) is 0.534. The lowest BCUT2D eigenvalue weighted by atomic mass is 10.0. The predicted molar refractivity (Wildman–Crippen MR) is 134 cm³/mol. The van der Waals surface area contributed by atoms with Crippen LogP contribution in [0.15, 0.2) is 48.5 Å². The highest BCUT2D eigenvalue weighted by molar-refractivity contribution is 5.93. The van der Waals surface area contributed by atoms with Crippen molar-refractivity contribution in [3.8, 4) is 0 Å². The summed E-state index contributed by atoms with van der Waals surface area (Å²) in [5.74, 6) is -1.09. The lowest BCUT2D eigenvalue weighted by Gasteiger charge is -2.24. The largest absolute Gasteiger partial charge is 0.469 e. The molecular formula is C27H33N3O6. The maximum atomic E-state index is 12.5. The zero-order chi connectivity index (χ0) is 26.3. The number of hydrogen-bond acceptors (Lipinski definition) is 6. The number of carbonyl (C=O) groups excluding carboxylic acids is 4. The maximum Gasteiger partial charge on any atom is 0.410 e. The third-order valence-corrected chi connectivity index (χ3v) is 5.58. The molecular weight excluding hydrogens is 462 g/mol. The fraction of sp³-hybridized carbons (Fsp3) is 0.407. The first kappa shape index (κ1) is 26.7. The maximum absolute atomic E-state index is 12.5. The highest BCUT2D eigenvalue weighted by Crippen LogP contribution is 2.27. The van der Waals surface area contributed by atoms with Crippen molar-refractivity contribution in [1.29, 1.82) is 0 Å². The van der Waals surface area contributed by atoms with Gasteiger partial charge in [0, 0.05) is 31.6 Å². The summed E-state index contributed by atoms with van der Waals surface area (Å²) in [7, 11) is 1.30. The monoisotopic (exact) mass is 495 g/mol. The standard InChI is InChI=1S/C27H33N3O6/c1-27(2,3)36-26(34)30-16-19-10-11-21(14-20(19)17-30)28-23(31)12-13-24(32)29-22(15-25(33)35-4)18-8-6-5-7-9-18/h5-11,14,22H,12-13,15-17H2,1-4H3,(H,28,31)(H,29,32). The van der Waals surface area contributed by atoms with Crippen molar-refractivity contribution in [2.45, 2.75) is 64.8 Å². The summed E-state index contributed by atoms with van der Waals surface area (Å²) in [5, 5.41) is 5.62. The smallest absolute Gasteiger partial charge is 0.410 e. The Morgan fingerprint density at radius 1 is 0.944 bits per heavy atom. The average molecular weight is 496 g/mol. The molecule has 1 atom stereocenters. The molecule has 36 heavy (non-hydrogen) atoms. The number of nitrogens with zero attached hydrogens (tertiary/aromatic N) is 1. The number of nitrogens with one attached hydrogen (secondary N) is 2. The molecule has 0 radical (unpaired) electrons. The van der Waals surface area contributed by atoms with E-state index >= 15 is 0 Å². The van der Waals surface area contributed by atoms with Crippen LogP contribution in [0, 0.1) is 0 Å². The van der Waals surface area contributed by atoms with E-state index in [9.17, 15) is 19.2 Å². The number of methoxy groups -OCH3 is 1. The van der Waals surface area contributed by atoms with Crippen molar-refractivity contribution in [2.75, 3.05) is 12.4 Å². The Balaban J connectivity index is 1.51. The number of amides is 3. The van der Waals surface area contributed by atoms with Crippen molar-refractivity contribution in [2.24, 2.45) is 0 Å². The molecule has 0 aromatic heterocycles. The Labute approximate surface area is 211 Å². The molecule has 0 saturated carbocycles. The van der Waals surface area contributed by atoms with E-state index in [1.54, 1.807) is 11.0 Å². The zero-order valence-electron chi connectivity index (χ0n) is 21.1. The first-order valence-corrected chi connectivity index (χ1v) is 11.8. The molecule has 2 aromatic rings. The number of ether oxygens (including phenoxy) is 2. The van der Waals surface area contributed by atoms with Gasteiger partial charge in [0.25, 0.3) is 0 Å². The number of rotatable bonds is 8. The molecule has 0 saturated heterocycles. The van der Waals surface area contributed by atoms with Crippen molar-refractivity contribution in [1.82, 2.24) is 10.2 Å². The molecule has 1 aliphatic heterocycles. The first-order valence-electron chi connectivity index (χ1n) is 11.8. The predicted octanol–water partition coefficient (Wildman–Crippen LogP) is 4.08. The SMILES string of the molecule is COC(=O)CC(NC(=O)CCC(=O)Nc1ccc2c(c1)CN(C(=O)OC(C)(C)C)C2)c1ccccc1. The number of hydrogen-bond donors (Lipinski definition) is 2. The third kappa shape index (κ3) is 7.83. The molecule has 0 spiro atoms. The fourth-order valence-corrected chi connectivity index (χ4v) is 3.83. The van der Waals surface area contributed by atoms with Gasteiger partial charge in [0.2, 0.25) is 11.8 Å². The van der Waals surface area contributed by atoms with Gasteiger partial charge in [-0.1, -0.05) is 36.4 Å². The lowest BCUT2D eigenvalue weighted by molar-refractivity contribution is -0.141. The second-order valence-corrected chi connectivity index (χ2v) is 9.68. The van der Waals surface area contributed by atoms with Crippen LogP contribution in [0.2, 0.25) is 0 Å². The van der Waals surface area contributed by atoms with Crippen molar-refractivity contribution >= 4 is 29.6 Å². The molecule has 1 heterocycles. The summed E-state index contributed by atoms with van der Waals surface area (Å²) in [4.78, 5) is 50.7. The number of benzene rings is 2. The minimum Gasteiger partial charge on any atom is -0.469 e. The van der Waals surface area contributed by atoms with Gasteiger partial charge < -0.3 is 20.1 Å². The number of carbonyl (C=O) groups is 4. The van der Waals surface area contributed by atoms with Gasteiger partial charge in [-0.2, -0.15) is 0 Å². The molecule has 2 N–H and O–H groups in total. The minimum absolute atomic E-state index is 0.00606. The molecule has 3 amide bonds. The van der Waals surface area contributed by atoms with Gasteiger partial charge >= 0.3 is 12.1 Å². The van der Waals surface area contributed by atoms with Crippen molar-refractivity contribution in [3.63, 3.8) is 0 Å². The Morgan fingerprint density at radius 3 is 2.28 bits per heavy atom. The number of anilines is 1. The lowest BCUT2D eigenvalue weighted by Crippen LogP contribution is -2.33. The molecule has 9 heteroatoms. The van der Waals surface area contributed by atoms with Crippen molar-refractivity contribution < 1.29 is 28.7 Å². The Hall–Kier alpha value is -3.88. The molecule has 192 valence electrons. The van der Waals surface area contributed by atoms with Gasteiger partial charge in [-0.15, -0.1) is 0 Å². The Bertz CT molecular complexity index is 1110. The van der Waals surface area contributed by atoms with Gasteiger partial charge in [-0.05, 0) is 49.6 Å². The van der Waals surface area contributed by atoms with Crippen LogP contribution in [0.1, 0.15) is 62.8 Å². The van der Waals surface area contributed by atoms with E-state index in [2.05, 4.69) is 10.6 Å². The van der Waals surface area contributed by atoms with Crippen LogP contribution in [0.3, 0.4) is 0 Å². The second-order valence-electron chi connectivity index (χ2n) is 9.68. The van der Waals surface area contributed by atoms with Gasteiger partial charge in [-0.3, -0.25) is 19.3 Å². The Morgan fingerprint density at radius 2 is 1.61 bits per heavy atom. The normalized spacial score (nSPS) is 13.4. The summed E-state index contributed by atoms with van der Waals surface area (Å²) in [6, 6.07) is 14.1. The Kier molecular flexibility index (Phi) is 8.68. The van der Waals surface area contributed by atoms with E-state index in [1.807, 2.05) is 63.2 Å². The summed E-state index contributed by atoms with van der Waals surface area (Å²) in [5.41, 5.74) is 2.73. The van der Waals surface area contributed by atoms with Crippen LogP contribution >= 0.6 is 0 Å². The average Bonchev–Trinajstić information content (AvgIpc) is 3.25. The highest BCUT2D eigenvalue weighted by Gasteiger charge is 2.28. The van der Waals surface area contributed by atoms with Crippen LogP contribution in [0.4, 0.5) is 10.5 Å². The molecule has 1 aliphatic rings. The van der Waals surface area contributed by atoms with E-state index < -0.39 is 17.6 Å². The molecule has 2 aromatic carbocycles. The van der Waals surface area contributed by atoms with Crippen LogP contribution in [-0.4, -0.2) is 41.5 Å². The van der Waals surface area contributed by atoms with Crippen LogP contribution < -0.4 is 10.6 Å². The topological polar surface area (TPSA) is 114 Å². The summed E-state index contributed by atoms with van der Waals surface area (Å²) in [6.07, 6.45) is -0.440. The van der Waals surface area contributed by atoms with E-state index in [0.29, 0.717) is 18.8 Å². The summed E-state index contributed by atoms with van der Waals surface area (Å²) in [6.45, 7) is 6.32. The molecule has 0 aliphatic carbocycles. The van der Waals surface area contributed by atoms with Gasteiger partial charge in [0.1, 0.15) is 5.60 Å². The number of esters is 1. The van der Waals surface area contributed by atoms with Gasteiger partial charge in [0.05, 0.1) is 19.6 Å². The van der Waals surface area contributed by atoms with E-state index in [1.165, 1.54) is 7.11 Å². The second kappa shape index (κ2) is 11.7. The first-order chi connectivity index (χ1) is 17.0. The van der Waals surface area contributed by atoms with Crippen LogP contribution in [0.5, 0.6) is 0 Å².